The van der Waals surface area contributed by atoms with Gasteiger partial charge in [0.2, 0.25) is 5.91 Å². The van der Waals surface area contributed by atoms with Gasteiger partial charge in [-0.3, -0.25) is 9.59 Å². The predicted molar refractivity (Wildman–Crippen MR) is 95.7 cm³/mol. The minimum Gasteiger partial charge on any atom is -0.381 e. The molecule has 3 aliphatic heterocycles. The van der Waals surface area contributed by atoms with Gasteiger partial charge in [-0.25, -0.2) is 4.98 Å². The van der Waals surface area contributed by atoms with Crippen molar-refractivity contribution >= 4 is 11.8 Å². The average molecular weight is 396 g/mol. The van der Waals surface area contributed by atoms with Crippen LogP contribution in [0.15, 0.2) is 6.33 Å². The van der Waals surface area contributed by atoms with E-state index in [2.05, 4.69) is 4.98 Å². The average Bonchev–Trinajstić information content (AvgIpc) is 3.36. The fourth-order valence-corrected chi connectivity index (χ4v) is 4.82. The fraction of sp³-hybridized carbons (Fsp3) is 0.737. The van der Waals surface area contributed by atoms with Crippen molar-refractivity contribution in [3.63, 3.8) is 0 Å². The number of hydrogen-bond acceptors (Lipinski definition) is 4. The first kappa shape index (κ1) is 19.3. The van der Waals surface area contributed by atoms with Gasteiger partial charge in [0.05, 0.1) is 18.6 Å². The molecule has 0 radical (unpaired) electrons. The van der Waals surface area contributed by atoms with E-state index in [1.54, 1.807) is 11.2 Å². The molecule has 9 heteroatoms. The number of aromatic nitrogens is 2. The molecule has 0 aromatic carbocycles. The first-order valence-corrected chi connectivity index (χ1v) is 9.78. The van der Waals surface area contributed by atoms with E-state index in [-0.39, 0.29) is 24.9 Å². The Morgan fingerprint density at radius 1 is 1.39 bits per heavy atom. The Morgan fingerprint density at radius 2 is 2.18 bits per heavy atom. The molecule has 2 fully saturated rings. The molecule has 1 unspecified atom stereocenters. The molecule has 0 bridgehead atoms. The first-order valence-electron chi connectivity index (χ1n) is 9.78. The molecule has 7 nitrogen and oxygen atoms in total. The second-order valence-electron chi connectivity index (χ2n) is 8.28. The van der Waals surface area contributed by atoms with Crippen molar-refractivity contribution in [2.45, 2.75) is 44.1 Å². The van der Waals surface area contributed by atoms with E-state index in [1.807, 2.05) is 11.6 Å². The van der Waals surface area contributed by atoms with Gasteiger partial charge < -0.3 is 19.1 Å². The Hall–Kier alpha value is -2.03. The lowest BCUT2D eigenvalue weighted by Gasteiger charge is -2.44. The SMILES string of the molecule is Cn1cnc2c1CCN(C(=O)C[C@H]1CCOC1)C21CCN(C(=O)C(C)(F)F)C1. The van der Waals surface area contributed by atoms with Gasteiger partial charge in [0.25, 0.3) is 5.91 Å². The maximum Gasteiger partial charge on any atom is 0.322 e. The molecule has 2 saturated heterocycles. The zero-order valence-electron chi connectivity index (χ0n) is 16.3. The van der Waals surface area contributed by atoms with Crippen LogP contribution in [-0.4, -0.2) is 69.9 Å². The number of alkyl halides is 2. The molecule has 4 rings (SSSR count). The predicted octanol–water partition coefficient (Wildman–Crippen LogP) is 1.31. The van der Waals surface area contributed by atoms with Crippen molar-refractivity contribution in [3.05, 3.63) is 17.7 Å². The second kappa shape index (κ2) is 6.79. The van der Waals surface area contributed by atoms with Gasteiger partial charge in [-0.2, -0.15) is 8.78 Å². The number of amides is 2. The van der Waals surface area contributed by atoms with Crippen LogP contribution in [0.5, 0.6) is 0 Å². The number of aryl methyl sites for hydroxylation is 1. The molecule has 1 spiro atoms. The molecule has 0 saturated carbocycles. The molecular formula is C19H26F2N4O3. The van der Waals surface area contributed by atoms with Crippen LogP contribution in [-0.2, 0) is 33.3 Å². The summed E-state index contributed by atoms with van der Waals surface area (Å²) in [5.74, 6) is -4.44. The molecule has 3 aliphatic rings. The zero-order valence-corrected chi connectivity index (χ0v) is 16.3. The quantitative estimate of drug-likeness (QED) is 0.773. The Kier molecular flexibility index (Phi) is 4.68. The van der Waals surface area contributed by atoms with Gasteiger partial charge in [0.1, 0.15) is 5.54 Å². The summed E-state index contributed by atoms with van der Waals surface area (Å²) in [6.45, 7) is 2.62. The van der Waals surface area contributed by atoms with E-state index in [0.29, 0.717) is 45.9 Å². The third kappa shape index (κ3) is 3.09. The highest BCUT2D eigenvalue weighted by molar-refractivity contribution is 5.84. The Morgan fingerprint density at radius 3 is 2.86 bits per heavy atom. The maximum atomic E-state index is 13.6. The molecule has 0 aliphatic carbocycles. The van der Waals surface area contributed by atoms with E-state index >= 15 is 0 Å². The van der Waals surface area contributed by atoms with Crippen LogP contribution >= 0.6 is 0 Å². The molecule has 2 amide bonds. The van der Waals surface area contributed by atoms with Crippen LogP contribution in [0.2, 0.25) is 0 Å². The summed E-state index contributed by atoms with van der Waals surface area (Å²) in [5.41, 5.74) is 0.921. The van der Waals surface area contributed by atoms with E-state index in [9.17, 15) is 18.4 Å². The number of nitrogens with zero attached hydrogens (tertiary/aromatic N) is 4. The summed E-state index contributed by atoms with van der Waals surface area (Å²) in [5, 5.41) is 0. The summed E-state index contributed by atoms with van der Waals surface area (Å²) >= 11 is 0. The van der Waals surface area contributed by atoms with Crippen molar-refractivity contribution < 1.29 is 23.1 Å². The third-order valence-electron chi connectivity index (χ3n) is 6.29. The Bertz CT molecular complexity index is 785. The highest BCUT2D eigenvalue weighted by Gasteiger charge is 2.54. The third-order valence-corrected chi connectivity index (χ3v) is 6.29. The normalized spacial score (nSPS) is 27.5. The highest BCUT2D eigenvalue weighted by Crippen LogP contribution is 2.43. The van der Waals surface area contributed by atoms with Crippen LogP contribution in [0.3, 0.4) is 0 Å². The van der Waals surface area contributed by atoms with E-state index in [1.165, 1.54) is 4.90 Å². The zero-order chi connectivity index (χ0) is 20.1. The van der Waals surface area contributed by atoms with Crippen molar-refractivity contribution in [1.82, 2.24) is 19.4 Å². The summed E-state index contributed by atoms with van der Waals surface area (Å²) in [6, 6.07) is 0. The molecule has 154 valence electrons. The number of carbonyl (C=O) groups is 2. The van der Waals surface area contributed by atoms with Gasteiger partial charge in [-0.05, 0) is 18.8 Å². The smallest absolute Gasteiger partial charge is 0.322 e. The van der Waals surface area contributed by atoms with Gasteiger partial charge >= 0.3 is 5.92 Å². The van der Waals surface area contributed by atoms with Gasteiger partial charge in [-0.1, -0.05) is 0 Å². The Balaban J connectivity index is 1.65. The summed E-state index contributed by atoms with van der Waals surface area (Å²) in [4.78, 5) is 32.9. The molecule has 4 heterocycles. The lowest BCUT2D eigenvalue weighted by Crippen LogP contribution is -2.56. The van der Waals surface area contributed by atoms with Crippen LogP contribution in [0.4, 0.5) is 8.78 Å². The van der Waals surface area contributed by atoms with Crippen molar-refractivity contribution in [1.29, 1.82) is 0 Å². The minimum atomic E-state index is -3.43. The number of carbonyl (C=O) groups excluding carboxylic acids is 2. The van der Waals surface area contributed by atoms with Gasteiger partial charge in [0, 0.05) is 58.8 Å². The number of likely N-dealkylation sites (tertiary alicyclic amines) is 1. The van der Waals surface area contributed by atoms with Crippen LogP contribution in [0, 0.1) is 5.92 Å². The summed E-state index contributed by atoms with van der Waals surface area (Å²) < 4.78 is 34.6. The molecule has 1 aromatic heterocycles. The highest BCUT2D eigenvalue weighted by atomic mass is 19.3. The van der Waals surface area contributed by atoms with Crippen molar-refractivity contribution in [3.8, 4) is 0 Å². The molecular weight excluding hydrogens is 370 g/mol. The van der Waals surface area contributed by atoms with Crippen molar-refractivity contribution in [2.75, 3.05) is 32.8 Å². The molecule has 2 atom stereocenters. The molecule has 0 N–H and O–H groups in total. The van der Waals surface area contributed by atoms with Crippen LogP contribution in [0.1, 0.15) is 37.6 Å². The lowest BCUT2D eigenvalue weighted by atomic mass is 9.85. The fourth-order valence-electron chi connectivity index (χ4n) is 4.82. The number of hydrogen-bond donors (Lipinski definition) is 0. The number of ether oxygens (including phenoxy) is 1. The second-order valence-corrected chi connectivity index (χ2v) is 8.28. The largest absolute Gasteiger partial charge is 0.381 e. The number of fused-ring (bicyclic) bond motifs is 2. The maximum absolute atomic E-state index is 13.6. The topological polar surface area (TPSA) is 67.7 Å². The Labute approximate surface area is 162 Å². The van der Waals surface area contributed by atoms with E-state index in [4.69, 9.17) is 4.74 Å². The summed E-state index contributed by atoms with van der Waals surface area (Å²) in [7, 11) is 1.89. The number of imidazole rings is 1. The lowest BCUT2D eigenvalue weighted by molar-refractivity contribution is -0.155. The first-order chi connectivity index (χ1) is 13.2. The minimum absolute atomic E-state index is 0.00985. The van der Waals surface area contributed by atoms with Gasteiger partial charge in [0.15, 0.2) is 0 Å². The van der Waals surface area contributed by atoms with E-state index < -0.39 is 17.4 Å². The molecule has 1 aromatic rings. The van der Waals surface area contributed by atoms with Crippen LogP contribution in [0.25, 0.3) is 0 Å². The number of halogens is 2. The van der Waals surface area contributed by atoms with Gasteiger partial charge in [-0.15, -0.1) is 0 Å². The molecule has 28 heavy (non-hydrogen) atoms. The number of rotatable bonds is 3. The summed E-state index contributed by atoms with van der Waals surface area (Å²) in [6.07, 6.45) is 4.02. The van der Waals surface area contributed by atoms with Crippen LogP contribution < -0.4 is 0 Å². The standard InChI is InChI=1S/C19H26F2N4O3/c1-18(20,21)17(27)24-7-5-19(11-24)16-14(23(2)12-22-16)3-6-25(19)15(26)9-13-4-8-28-10-13/h12-13H,3-11H2,1-2H3/t13-,19?/m1/s1. The monoisotopic (exact) mass is 396 g/mol. The van der Waals surface area contributed by atoms with E-state index in [0.717, 1.165) is 17.8 Å². The van der Waals surface area contributed by atoms with Crippen molar-refractivity contribution in [2.24, 2.45) is 13.0 Å².